The molecule has 0 aliphatic rings. The maximum Gasteiger partial charge on any atom is 0.161 e. The van der Waals surface area contributed by atoms with Crippen molar-refractivity contribution in [3.05, 3.63) is 23.8 Å². The molecule has 0 amide bonds. The summed E-state index contributed by atoms with van der Waals surface area (Å²) in [5.41, 5.74) is 0.596. The highest BCUT2D eigenvalue weighted by molar-refractivity contribution is 5.76. The van der Waals surface area contributed by atoms with Crippen molar-refractivity contribution in [2.45, 2.75) is 13.3 Å². The van der Waals surface area contributed by atoms with Gasteiger partial charge in [0.1, 0.15) is 6.29 Å². The Labute approximate surface area is 108 Å². The molecule has 0 heterocycles. The molecule has 0 saturated heterocycles. The monoisotopic (exact) mass is 251 g/mol. The van der Waals surface area contributed by atoms with Gasteiger partial charge in [-0.2, -0.15) is 0 Å². The van der Waals surface area contributed by atoms with Crippen molar-refractivity contribution < 1.29 is 14.3 Å². The Hall–Kier alpha value is -1.55. The molecule has 18 heavy (non-hydrogen) atoms. The fourth-order valence-corrected chi connectivity index (χ4v) is 1.55. The van der Waals surface area contributed by atoms with E-state index in [1.165, 1.54) is 0 Å². The smallest absolute Gasteiger partial charge is 0.161 e. The van der Waals surface area contributed by atoms with E-state index in [9.17, 15) is 4.79 Å². The molecule has 0 bridgehead atoms. The van der Waals surface area contributed by atoms with Gasteiger partial charge in [0, 0.05) is 12.1 Å². The van der Waals surface area contributed by atoms with Crippen LogP contribution < -0.4 is 9.47 Å². The predicted octanol–water partition coefficient (Wildman–Crippen LogP) is 2.23. The largest absolute Gasteiger partial charge is 0.490 e. The number of hydrogen-bond donors (Lipinski definition) is 0. The summed E-state index contributed by atoms with van der Waals surface area (Å²) < 4.78 is 11.1. The van der Waals surface area contributed by atoms with E-state index in [4.69, 9.17) is 9.47 Å². The zero-order valence-corrected chi connectivity index (χ0v) is 11.3. The number of benzene rings is 1. The molecule has 0 spiro atoms. The van der Waals surface area contributed by atoms with E-state index in [1.807, 2.05) is 21.0 Å². The molecule has 0 radical (unpaired) electrons. The highest BCUT2D eigenvalue weighted by Gasteiger charge is 2.06. The van der Waals surface area contributed by atoms with Crippen LogP contribution in [0.25, 0.3) is 0 Å². The molecule has 100 valence electrons. The van der Waals surface area contributed by atoms with Crippen LogP contribution in [0.2, 0.25) is 0 Å². The molecule has 0 fully saturated rings. The third kappa shape index (κ3) is 4.75. The van der Waals surface area contributed by atoms with Crippen LogP contribution in [-0.2, 0) is 0 Å². The van der Waals surface area contributed by atoms with Crippen LogP contribution in [0.1, 0.15) is 23.7 Å². The van der Waals surface area contributed by atoms with Gasteiger partial charge in [-0.05, 0) is 45.6 Å². The summed E-state index contributed by atoms with van der Waals surface area (Å²) >= 11 is 0. The highest BCUT2D eigenvalue weighted by Crippen LogP contribution is 2.28. The topological polar surface area (TPSA) is 38.8 Å². The van der Waals surface area contributed by atoms with Gasteiger partial charge in [-0.15, -0.1) is 0 Å². The number of carbonyl (C=O) groups is 1. The van der Waals surface area contributed by atoms with Gasteiger partial charge in [-0.3, -0.25) is 4.79 Å². The molecule has 0 N–H and O–H groups in total. The van der Waals surface area contributed by atoms with Crippen molar-refractivity contribution in [3.8, 4) is 11.5 Å². The number of hydrogen-bond acceptors (Lipinski definition) is 4. The molecule has 0 saturated carbocycles. The summed E-state index contributed by atoms with van der Waals surface area (Å²) in [7, 11) is 4.06. The van der Waals surface area contributed by atoms with Crippen molar-refractivity contribution in [2.75, 3.05) is 33.9 Å². The maximum absolute atomic E-state index is 10.7. The molecule has 0 aliphatic carbocycles. The zero-order chi connectivity index (χ0) is 13.4. The molecular formula is C14H21NO3. The third-order valence-electron chi connectivity index (χ3n) is 2.41. The van der Waals surface area contributed by atoms with Crippen LogP contribution in [0.3, 0.4) is 0 Å². The van der Waals surface area contributed by atoms with Gasteiger partial charge in [0.15, 0.2) is 11.5 Å². The second-order valence-electron chi connectivity index (χ2n) is 4.26. The van der Waals surface area contributed by atoms with Crippen LogP contribution in [0.15, 0.2) is 18.2 Å². The van der Waals surface area contributed by atoms with Crippen molar-refractivity contribution in [1.82, 2.24) is 4.90 Å². The van der Waals surface area contributed by atoms with Gasteiger partial charge < -0.3 is 14.4 Å². The summed E-state index contributed by atoms with van der Waals surface area (Å²) in [5.74, 6) is 1.33. The lowest BCUT2D eigenvalue weighted by molar-refractivity contribution is 0.112. The van der Waals surface area contributed by atoms with Crippen molar-refractivity contribution in [1.29, 1.82) is 0 Å². The van der Waals surface area contributed by atoms with E-state index in [0.717, 1.165) is 19.3 Å². The first kappa shape index (κ1) is 14.5. The van der Waals surface area contributed by atoms with Gasteiger partial charge in [-0.1, -0.05) is 0 Å². The van der Waals surface area contributed by atoms with E-state index >= 15 is 0 Å². The van der Waals surface area contributed by atoms with Gasteiger partial charge in [0.2, 0.25) is 0 Å². The second kappa shape index (κ2) is 7.71. The first-order valence-electron chi connectivity index (χ1n) is 6.17. The molecule has 0 unspecified atom stereocenters. The average molecular weight is 251 g/mol. The second-order valence-corrected chi connectivity index (χ2v) is 4.26. The molecule has 4 nitrogen and oxygen atoms in total. The van der Waals surface area contributed by atoms with Crippen LogP contribution in [-0.4, -0.2) is 45.0 Å². The Morgan fingerprint density at radius 2 is 2.00 bits per heavy atom. The molecule has 0 atom stereocenters. The van der Waals surface area contributed by atoms with Crippen LogP contribution in [0.5, 0.6) is 11.5 Å². The molecule has 1 aromatic carbocycles. The molecule has 0 aliphatic heterocycles. The van der Waals surface area contributed by atoms with Gasteiger partial charge >= 0.3 is 0 Å². The first-order valence-corrected chi connectivity index (χ1v) is 6.17. The maximum atomic E-state index is 10.7. The summed E-state index contributed by atoms with van der Waals surface area (Å²) in [4.78, 5) is 12.8. The van der Waals surface area contributed by atoms with Crippen molar-refractivity contribution in [2.24, 2.45) is 0 Å². The molecule has 0 aromatic heterocycles. The Bertz CT molecular complexity index is 377. The SMILES string of the molecule is CCOc1cc(C=O)ccc1OCCCN(C)C. The quantitative estimate of drug-likeness (QED) is 0.524. The van der Waals surface area contributed by atoms with E-state index < -0.39 is 0 Å². The van der Waals surface area contributed by atoms with Crippen LogP contribution in [0, 0.1) is 0 Å². The number of ether oxygens (including phenoxy) is 2. The van der Waals surface area contributed by atoms with Gasteiger partial charge in [0.05, 0.1) is 13.2 Å². The number of rotatable bonds is 8. The summed E-state index contributed by atoms with van der Waals surface area (Å²) in [6, 6.07) is 5.22. The normalized spacial score (nSPS) is 10.4. The van der Waals surface area contributed by atoms with E-state index in [-0.39, 0.29) is 0 Å². The summed E-state index contributed by atoms with van der Waals surface area (Å²) in [6.07, 6.45) is 1.76. The Morgan fingerprint density at radius 3 is 2.61 bits per heavy atom. The summed E-state index contributed by atoms with van der Waals surface area (Å²) in [6.45, 7) is 4.08. The van der Waals surface area contributed by atoms with E-state index in [2.05, 4.69) is 4.90 Å². The molecule has 1 rings (SSSR count). The van der Waals surface area contributed by atoms with Crippen molar-refractivity contribution in [3.63, 3.8) is 0 Å². The minimum Gasteiger partial charge on any atom is -0.490 e. The summed E-state index contributed by atoms with van der Waals surface area (Å²) in [5, 5.41) is 0. The van der Waals surface area contributed by atoms with E-state index in [0.29, 0.717) is 30.3 Å². The fraction of sp³-hybridized carbons (Fsp3) is 0.500. The lowest BCUT2D eigenvalue weighted by atomic mass is 10.2. The van der Waals surface area contributed by atoms with E-state index in [1.54, 1.807) is 18.2 Å². The first-order chi connectivity index (χ1) is 8.67. The molecule has 1 aromatic rings. The van der Waals surface area contributed by atoms with Crippen LogP contribution >= 0.6 is 0 Å². The molecular weight excluding hydrogens is 230 g/mol. The lowest BCUT2D eigenvalue weighted by Crippen LogP contribution is -2.15. The molecule has 4 heteroatoms. The Balaban J connectivity index is 2.60. The minimum atomic E-state index is 0.552. The standard InChI is InChI=1S/C14H21NO3/c1-4-17-14-10-12(11-16)6-7-13(14)18-9-5-8-15(2)3/h6-7,10-11H,4-5,8-9H2,1-3H3. The highest BCUT2D eigenvalue weighted by atomic mass is 16.5. The Morgan fingerprint density at radius 1 is 1.22 bits per heavy atom. The number of nitrogens with zero attached hydrogens (tertiary/aromatic N) is 1. The van der Waals surface area contributed by atoms with Crippen molar-refractivity contribution >= 4 is 6.29 Å². The lowest BCUT2D eigenvalue weighted by Gasteiger charge is -2.13. The Kier molecular flexibility index (Phi) is 6.22. The van der Waals surface area contributed by atoms with Crippen LogP contribution in [0.4, 0.5) is 0 Å². The third-order valence-corrected chi connectivity index (χ3v) is 2.41. The zero-order valence-electron chi connectivity index (χ0n) is 11.3. The fourth-order valence-electron chi connectivity index (χ4n) is 1.55. The number of carbonyl (C=O) groups excluding carboxylic acids is 1. The minimum absolute atomic E-state index is 0.552. The predicted molar refractivity (Wildman–Crippen MR) is 71.7 cm³/mol. The average Bonchev–Trinajstić information content (AvgIpc) is 2.36. The number of aldehydes is 1. The van der Waals surface area contributed by atoms with Gasteiger partial charge in [-0.25, -0.2) is 0 Å². The van der Waals surface area contributed by atoms with Gasteiger partial charge in [0.25, 0.3) is 0 Å².